The number of nitrogens with zero attached hydrogens (tertiary/aromatic N) is 4. The van der Waals surface area contributed by atoms with Crippen molar-refractivity contribution in [3.8, 4) is 11.4 Å². The smallest absolute Gasteiger partial charge is 0.253 e. The van der Waals surface area contributed by atoms with Crippen LogP contribution in [0.25, 0.3) is 11.4 Å². The van der Waals surface area contributed by atoms with Crippen LogP contribution in [-0.2, 0) is 17.8 Å². The zero-order valence-electron chi connectivity index (χ0n) is 21.1. The third-order valence-electron chi connectivity index (χ3n) is 6.64. The Hall–Kier alpha value is -3.81. The lowest BCUT2D eigenvalue weighted by Crippen LogP contribution is -2.49. The van der Waals surface area contributed by atoms with Crippen LogP contribution in [0.3, 0.4) is 0 Å². The van der Waals surface area contributed by atoms with Gasteiger partial charge in [-0.2, -0.15) is 0 Å². The summed E-state index contributed by atoms with van der Waals surface area (Å²) in [6.45, 7) is 2.62. The summed E-state index contributed by atoms with van der Waals surface area (Å²) in [5.41, 5.74) is 4.32. The minimum absolute atomic E-state index is 0.0984. The van der Waals surface area contributed by atoms with E-state index in [2.05, 4.69) is 4.90 Å². The van der Waals surface area contributed by atoms with Gasteiger partial charge in [0.05, 0.1) is 12.3 Å². The van der Waals surface area contributed by atoms with Gasteiger partial charge in [-0.25, -0.2) is 14.4 Å². The van der Waals surface area contributed by atoms with Crippen LogP contribution in [0.1, 0.15) is 27.2 Å². The first kappa shape index (κ1) is 25.8. The average molecular weight is 531 g/mol. The van der Waals surface area contributed by atoms with Crippen molar-refractivity contribution in [3.63, 3.8) is 0 Å². The maximum absolute atomic E-state index is 13.3. The number of carbonyl (C=O) groups excluding carboxylic acids is 1. The average Bonchev–Trinajstić information content (AvgIpc) is 2.96. The number of rotatable bonds is 7. The molecule has 1 aliphatic heterocycles. The van der Waals surface area contributed by atoms with Crippen molar-refractivity contribution in [1.82, 2.24) is 14.9 Å². The van der Waals surface area contributed by atoms with Crippen molar-refractivity contribution in [2.45, 2.75) is 13.0 Å². The molecule has 1 aliphatic rings. The molecule has 0 bridgehead atoms. The number of anilines is 1. The van der Waals surface area contributed by atoms with Crippen LogP contribution >= 0.6 is 11.6 Å². The summed E-state index contributed by atoms with van der Waals surface area (Å²) in [5.74, 6) is 1.02. The molecule has 6 nitrogen and oxygen atoms in total. The fourth-order valence-corrected chi connectivity index (χ4v) is 4.76. The van der Waals surface area contributed by atoms with Crippen LogP contribution in [0.2, 0.25) is 5.02 Å². The van der Waals surface area contributed by atoms with E-state index in [-0.39, 0.29) is 11.7 Å². The first-order valence-corrected chi connectivity index (χ1v) is 12.9. The highest BCUT2D eigenvalue weighted by Crippen LogP contribution is 2.29. The molecule has 1 fully saturated rings. The fourth-order valence-electron chi connectivity index (χ4n) is 4.64. The number of carbonyl (C=O) groups is 1. The van der Waals surface area contributed by atoms with Crippen LogP contribution in [0.15, 0.2) is 78.9 Å². The molecule has 1 aromatic heterocycles. The monoisotopic (exact) mass is 530 g/mol. The second-order valence-corrected chi connectivity index (χ2v) is 9.62. The Kier molecular flexibility index (Phi) is 7.96. The van der Waals surface area contributed by atoms with Crippen LogP contribution < -0.4 is 4.90 Å². The molecule has 0 atom stereocenters. The molecular formula is C30H28ClFN4O2. The van der Waals surface area contributed by atoms with Crippen molar-refractivity contribution in [2.75, 3.05) is 38.2 Å². The maximum Gasteiger partial charge on any atom is 0.253 e. The number of hydrogen-bond donors (Lipinski definition) is 0. The minimum atomic E-state index is -0.357. The van der Waals surface area contributed by atoms with Crippen molar-refractivity contribution in [1.29, 1.82) is 0 Å². The van der Waals surface area contributed by atoms with Crippen molar-refractivity contribution in [2.24, 2.45) is 0 Å². The SMILES string of the molecule is COCc1nc(-c2ccccc2)nc(N2CCN(C(=O)c3ccc(F)cc3)CC2)c1Cc1ccc(Cl)cc1. The first-order chi connectivity index (χ1) is 18.5. The Balaban J connectivity index is 1.47. The highest BCUT2D eigenvalue weighted by molar-refractivity contribution is 6.30. The van der Waals surface area contributed by atoms with E-state index >= 15 is 0 Å². The number of benzene rings is 3. The van der Waals surface area contributed by atoms with E-state index < -0.39 is 0 Å². The summed E-state index contributed by atoms with van der Waals surface area (Å²) < 4.78 is 18.9. The van der Waals surface area contributed by atoms with E-state index in [1.165, 1.54) is 24.3 Å². The fraction of sp³-hybridized carbons (Fsp3) is 0.233. The van der Waals surface area contributed by atoms with Gasteiger partial charge in [-0.15, -0.1) is 0 Å². The molecule has 38 heavy (non-hydrogen) atoms. The highest BCUT2D eigenvalue weighted by atomic mass is 35.5. The van der Waals surface area contributed by atoms with Crippen LogP contribution in [-0.4, -0.2) is 54.1 Å². The zero-order valence-corrected chi connectivity index (χ0v) is 21.9. The molecule has 0 spiro atoms. The lowest BCUT2D eigenvalue weighted by atomic mass is 10.0. The number of ether oxygens (including phenoxy) is 1. The number of piperazine rings is 1. The van der Waals surface area contributed by atoms with Crippen molar-refractivity contribution in [3.05, 3.63) is 112 Å². The van der Waals surface area contributed by atoms with E-state index in [0.29, 0.717) is 55.6 Å². The van der Waals surface area contributed by atoms with Gasteiger partial charge in [-0.05, 0) is 42.0 Å². The molecule has 4 aromatic rings. The van der Waals surface area contributed by atoms with E-state index in [1.807, 2.05) is 54.6 Å². The predicted octanol–water partition coefficient (Wildman–Crippen LogP) is 5.64. The summed E-state index contributed by atoms with van der Waals surface area (Å²) in [4.78, 5) is 27.0. The molecule has 2 heterocycles. The standard InChI is InChI=1S/C30H28ClFN4O2/c1-38-20-27-26(19-21-7-11-24(31)12-8-21)29(34-28(33-27)22-5-3-2-4-6-22)35-15-17-36(18-16-35)30(37)23-9-13-25(32)14-10-23/h2-14H,15-20H2,1H3. The van der Waals surface area contributed by atoms with Gasteiger partial charge < -0.3 is 14.5 Å². The van der Waals surface area contributed by atoms with Crippen LogP contribution in [0.4, 0.5) is 10.2 Å². The van der Waals surface area contributed by atoms with Gasteiger partial charge in [0.15, 0.2) is 5.82 Å². The number of aromatic nitrogens is 2. The molecule has 0 N–H and O–H groups in total. The Morgan fingerprint density at radius 3 is 2.26 bits per heavy atom. The van der Waals surface area contributed by atoms with E-state index in [4.69, 9.17) is 26.3 Å². The molecule has 0 unspecified atom stereocenters. The van der Waals surface area contributed by atoms with Crippen molar-refractivity contribution >= 4 is 23.3 Å². The second-order valence-electron chi connectivity index (χ2n) is 9.18. The predicted molar refractivity (Wildman–Crippen MR) is 147 cm³/mol. The first-order valence-electron chi connectivity index (χ1n) is 12.5. The van der Waals surface area contributed by atoms with E-state index in [0.717, 1.165) is 28.2 Å². The summed E-state index contributed by atoms with van der Waals surface area (Å²) in [6.07, 6.45) is 0.620. The zero-order chi connectivity index (χ0) is 26.5. The number of methoxy groups -OCH3 is 1. The third-order valence-corrected chi connectivity index (χ3v) is 6.89. The Labute approximate surface area is 226 Å². The number of amides is 1. The highest BCUT2D eigenvalue weighted by Gasteiger charge is 2.26. The number of halogens is 2. The lowest BCUT2D eigenvalue weighted by Gasteiger charge is -2.36. The maximum atomic E-state index is 13.3. The largest absolute Gasteiger partial charge is 0.378 e. The quantitative estimate of drug-likeness (QED) is 0.310. The molecular weight excluding hydrogens is 503 g/mol. The minimum Gasteiger partial charge on any atom is -0.378 e. The van der Waals surface area contributed by atoms with Gasteiger partial charge in [0.2, 0.25) is 0 Å². The molecule has 0 saturated carbocycles. The van der Waals surface area contributed by atoms with Gasteiger partial charge in [0.1, 0.15) is 11.6 Å². The Morgan fingerprint density at radius 2 is 1.61 bits per heavy atom. The Bertz CT molecular complexity index is 1390. The van der Waals surface area contributed by atoms with Crippen LogP contribution in [0, 0.1) is 5.82 Å². The topological polar surface area (TPSA) is 58.6 Å². The van der Waals surface area contributed by atoms with Crippen LogP contribution in [0.5, 0.6) is 0 Å². The van der Waals surface area contributed by atoms with Gasteiger partial charge in [-0.1, -0.05) is 54.1 Å². The van der Waals surface area contributed by atoms with Crippen molar-refractivity contribution < 1.29 is 13.9 Å². The summed E-state index contributed by atoms with van der Waals surface area (Å²) in [5, 5.41) is 0.684. The third kappa shape index (κ3) is 5.85. The molecule has 1 amide bonds. The molecule has 0 radical (unpaired) electrons. The molecule has 5 rings (SSSR count). The van der Waals surface area contributed by atoms with E-state index in [1.54, 1.807) is 12.0 Å². The van der Waals surface area contributed by atoms with Gasteiger partial charge in [-0.3, -0.25) is 4.79 Å². The van der Waals surface area contributed by atoms with E-state index in [9.17, 15) is 9.18 Å². The lowest BCUT2D eigenvalue weighted by molar-refractivity contribution is 0.0746. The molecule has 8 heteroatoms. The van der Waals surface area contributed by atoms with Gasteiger partial charge in [0, 0.05) is 61.4 Å². The summed E-state index contributed by atoms with van der Waals surface area (Å²) >= 11 is 6.12. The number of hydrogen-bond acceptors (Lipinski definition) is 5. The normalized spacial score (nSPS) is 13.6. The Morgan fingerprint density at radius 1 is 0.921 bits per heavy atom. The van der Waals surface area contributed by atoms with Gasteiger partial charge >= 0.3 is 0 Å². The molecule has 194 valence electrons. The summed E-state index contributed by atoms with van der Waals surface area (Å²) in [6, 6.07) is 23.4. The molecule has 0 aliphatic carbocycles. The molecule has 3 aromatic carbocycles. The van der Waals surface area contributed by atoms with Gasteiger partial charge in [0.25, 0.3) is 5.91 Å². The summed E-state index contributed by atoms with van der Waals surface area (Å²) in [7, 11) is 1.66. The molecule has 1 saturated heterocycles. The second kappa shape index (κ2) is 11.7.